The van der Waals surface area contributed by atoms with E-state index in [0.29, 0.717) is 28.3 Å². The highest BCUT2D eigenvalue weighted by Crippen LogP contribution is 2.48. The number of dihydropyridines is 1. The fraction of sp³-hybridized carbons (Fsp3) is 0.353. The van der Waals surface area contributed by atoms with Gasteiger partial charge >= 0.3 is 0 Å². The normalized spacial score (nSPS) is 25.4. The summed E-state index contributed by atoms with van der Waals surface area (Å²) < 4.78 is 26.0. The molecule has 0 saturated heterocycles. The Kier molecular flexibility index (Phi) is 3.90. The zero-order valence-corrected chi connectivity index (χ0v) is 15.9. The van der Waals surface area contributed by atoms with E-state index in [0.717, 1.165) is 34.3 Å². The highest BCUT2D eigenvalue weighted by Gasteiger charge is 2.44. The Morgan fingerprint density at radius 2 is 1.96 bits per heavy atom. The summed E-state index contributed by atoms with van der Waals surface area (Å²) in [6.07, 6.45) is 2.51. The maximum absolute atomic E-state index is 12.6. The molecule has 0 spiro atoms. The van der Waals surface area contributed by atoms with Gasteiger partial charge in [-0.15, -0.1) is 0 Å². The molecule has 0 amide bonds. The number of carbonyl (C=O) groups excluding carboxylic acids is 1. The summed E-state index contributed by atoms with van der Waals surface area (Å²) in [5.41, 5.74) is 2.98. The van der Waals surface area contributed by atoms with Crippen LogP contribution in [0.3, 0.4) is 0 Å². The molecule has 1 N–H and O–H groups in total. The monoisotopic (exact) mass is 427 g/mol. The van der Waals surface area contributed by atoms with Crippen molar-refractivity contribution < 1.29 is 13.2 Å². The van der Waals surface area contributed by atoms with Crippen LogP contribution < -0.4 is 5.32 Å². The Hall–Kier alpha value is -1.11. The highest BCUT2D eigenvalue weighted by molar-refractivity contribution is 9.10. The largest absolute Gasteiger partial charge is 0.361 e. The van der Waals surface area contributed by atoms with Gasteiger partial charge in [0.15, 0.2) is 15.6 Å². The molecule has 1 aliphatic carbocycles. The summed E-state index contributed by atoms with van der Waals surface area (Å²) in [5.74, 6) is -0.413. The van der Waals surface area contributed by atoms with Crippen LogP contribution in [0, 0.1) is 0 Å². The Bertz CT molecular complexity index is 933. The first-order valence-electron chi connectivity index (χ1n) is 7.82. The molecule has 2 heterocycles. The number of rotatable bonds is 1. The second-order valence-corrected chi connectivity index (χ2v) is 9.65. The fourth-order valence-corrected chi connectivity index (χ4v) is 6.06. The van der Waals surface area contributed by atoms with Gasteiger partial charge in [-0.05, 0) is 46.5 Å². The molecule has 1 aromatic rings. The van der Waals surface area contributed by atoms with Crippen molar-refractivity contribution in [3.63, 3.8) is 0 Å². The quantitative estimate of drug-likeness (QED) is 0.738. The Labute approximate surface area is 154 Å². The van der Waals surface area contributed by atoms with E-state index in [9.17, 15) is 13.2 Å². The zero-order valence-electron chi connectivity index (χ0n) is 12.7. The van der Waals surface area contributed by atoms with Gasteiger partial charge in [0.25, 0.3) is 0 Å². The van der Waals surface area contributed by atoms with Crippen LogP contribution in [0.15, 0.2) is 44.5 Å². The van der Waals surface area contributed by atoms with Crippen molar-refractivity contribution in [1.29, 1.82) is 0 Å². The molecule has 24 heavy (non-hydrogen) atoms. The van der Waals surface area contributed by atoms with Crippen molar-refractivity contribution in [2.45, 2.75) is 31.6 Å². The van der Waals surface area contributed by atoms with Gasteiger partial charge in [-0.3, -0.25) is 4.79 Å². The number of allylic oxidation sites excluding steroid dienone is 4. The van der Waals surface area contributed by atoms with Crippen molar-refractivity contribution >= 4 is 43.2 Å². The van der Waals surface area contributed by atoms with Gasteiger partial charge in [-0.1, -0.05) is 17.7 Å². The molecule has 0 aromatic heterocycles. The minimum atomic E-state index is -3.37. The van der Waals surface area contributed by atoms with E-state index >= 15 is 0 Å². The van der Waals surface area contributed by atoms with Crippen LogP contribution in [0.2, 0.25) is 5.02 Å². The molecule has 1 unspecified atom stereocenters. The molecule has 1 atom stereocenters. The molecule has 4 rings (SSSR count). The van der Waals surface area contributed by atoms with E-state index in [2.05, 4.69) is 21.2 Å². The molecule has 4 nitrogen and oxygen atoms in total. The Morgan fingerprint density at radius 3 is 2.71 bits per heavy atom. The fourth-order valence-electron chi connectivity index (χ4n) is 3.79. The second-order valence-electron chi connectivity index (χ2n) is 6.31. The third kappa shape index (κ3) is 2.47. The van der Waals surface area contributed by atoms with Crippen molar-refractivity contribution in [2.24, 2.45) is 0 Å². The third-order valence-corrected chi connectivity index (χ3v) is 7.97. The van der Waals surface area contributed by atoms with E-state index in [4.69, 9.17) is 11.6 Å². The number of carbonyl (C=O) groups is 1. The molecule has 3 aliphatic rings. The average molecular weight is 429 g/mol. The van der Waals surface area contributed by atoms with Crippen molar-refractivity contribution in [3.8, 4) is 0 Å². The molecule has 0 radical (unpaired) electrons. The topological polar surface area (TPSA) is 63.2 Å². The molecule has 1 aromatic carbocycles. The van der Waals surface area contributed by atoms with Gasteiger partial charge in [0.2, 0.25) is 0 Å². The minimum absolute atomic E-state index is 0.0291. The molecular weight excluding hydrogens is 414 g/mol. The molecule has 0 fully saturated rings. The number of benzene rings is 1. The maximum atomic E-state index is 12.6. The first-order valence-corrected chi connectivity index (χ1v) is 10.6. The number of Topliss-reactive ketones (excluding diaryl/α,β-unsaturated/α-hetero) is 1. The van der Waals surface area contributed by atoms with E-state index in [1.807, 2.05) is 6.07 Å². The van der Waals surface area contributed by atoms with Crippen LogP contribution in [-0.2, 0) is 14.6 Å². The van der Waals surface area contributed by atoms with Crippen LogP contribution in [0.5, 0.6) is 0 Å². The molecule has 0 saturated carbocycles. The number of ketones is 1. The predicted molar refractivity (Wildman–Crippen MR) is 96.3 cm³/mol. The lowest BCUT2D eigenvalue weighted by Gasteiger charge is -2.33. The van der Waals surface area contributed by atoms with Gasteiger partial charge in [0, 0.05) is 34.3 Å². The molecular formula is C17H15BrClNO3S. The van der Waals surface area contributed by atoms with Crippen LogP contribution in [0.1, 0.15) is 37.2 Å². The van der Waals surface area contributed by atoms with E-state index in [-0.39, 0.29) is 11.5 Å². The lowest BCUT2D eigenvalue weighted by molar-refractivity contribution is -0.116. The number of halogens is 2. The Balaban J connectivity index is 1.96. The first kappa shape index (κ1) is 16.4. The molecule has 0 bridgehead atoms. The molecule has 7 heteroatoms. The highest BCUT2D eigenvalue weighted by atomic mass is 79.9. The summed E-state index contributed by atoms with van der Waals surface area (Å²) in [6, 6.07) is 5.40. The van der Waals surface area contributed by atoms with Crippen molar-refractivity contribution in [3.05, 3.63) is 55.1 Å². The second kappa shape index (κ2) is 5.71. The van der Waals surface area contributed by atoms with Crippen LogP contribution in [0.4, 0.5) is 0 Å². The average Bonchev–Trinajstić information content (AvgIpc) is 2.84. The number of hydrogen-bond acceptors (Lipinski definition) is 4. The number of hydrogen-bond donors (Lipinski definition) is 1. The third-order valence-electron chi connectivity index (χ3n) is 4.84. The zero-order chi connectivity index (χ0) is 17.1. The summed E-state index contributed by atoms with van der Waals surface area (Å²) in [6.45, 7) is 0. The van der Waals surface area contributed by atoms with Gasteiger partial charge in [0.05, 0.1) is 21.6 Å². The maximum Gasteiger partial charge on any atom is 0.177 e. The summed E-state index contributed by atoms with van der Waals surface area (Å²) in [4.78, 5) is 13.0. The van der Waals surface area contributed by atoms with Gasteiger partial charge in [0.1, 0.15) is 0 Å². The smallest absolute Gasteiger partial charge is 0.177 e. The van der Waals surface area contributed by atoms with Crippen LogP contribution >= 0.6 is 27.5 Å². The SMILES string of the molecule is O=C1CCCC2=C1C(c1ccc(Br)c(Cl)c1)C1=C(CCS1(=O)=O)N2. The number of nitrogens with one attached hydrogen (secondary N) is 1. The molecule has 2 aliphatic heterocycles. The Morgan fingerprint density at radius 1 is 1.17 bits per heavy atom. The van der Waals surface area contributed by atoms with Gasteiger partial charge in [-0.2, -0.15) is 0 Å². The lowest BCUT2D eigenvalue weighted by Crippen LogP contribution is -2.32. The van der Waals surface area contributed by atoms with Gasteiger partial charge < -0.3 is 5.32 Å². The summed E-state index contributed by atoms with van der Waals surface area (Å²) in [5, 5.41) is 3.75. The van der Waals surface area contributed by atoms with E-state index in [1.54, 1.807) is 12.1 Å². The number of sulfone groups is 1. The first-order chi connectivity index (χ1) is 11.4. The minimum Gasteiger partial charge on any atom is -0.361 e. The van der Waals surface area contributed by atoms with Crippen LogP contribution in [-0.4, -0.2) is 20.0 Å². The van der Waals surface area contributed by atoms with Crippen LogP contribution in [0.25, 0.3) is 0 Å². The van der Waals surface area contributed by atoms with Gasteiger partial charge in [-0.25, -0.2) is 8.42 Å². The van der Waals surface area contributed by atoms with E-state index in [1.165, 1.54) is 0 Å². The van der Waals surface area contributed by atoms with E-state index < -0.39 is 15.8 Å². The summed E-state index contributed by atoms with van der Waals surface area (Å²) in [7, 11) is -3.37. The summed E-state index contributed by atoms with van der Waals surface area (Å²) >= 11 is 9.59. The standard InChI is InChI=1S/C17H15BrClNO3S/c18-10-5-4-9(8-11(10)19)15-16-12(2-1-3-14(16)21)20-13-6-7-24(22,23)17(13)15/h4-5,8,15,20H,1-3,6-7H2. The van der Waals surface area contributed by atoms with Crippen molar-refractivity contribution in [2.75, 3.05) is 5.75 Å². The van der Waals surface area contributed by atoms with Crippen molar-refractivity contribution in [1.82, 2.24) is 5.32 Å². The lowest BCUT2D eigenvalue weighted by atomic mass is 9.79. The predicted octanol–water partition coefficient (Wildman–Crippen LogP) is 3.83. The molecule has 126 valence electrons.